The molecule has 0 aliphatic carbocycles. The maximum Gasteiger partial charge on any atom is 0.256 e. The van der Waals surface area contributed by atoms with Gasteiger partial charge in [-0.05, 0) is 32.0 Å². The van der Waals surface area contributed by atoms with Gasteiger partial charge in [-0.2, -0.15) is 0 Å². The number of ether oxygens (including phenoxy) is 2. The van der Waals surface area contributed by atoms with Crippen LogP contribution < -0.4 is 15.5 Å². The highest BCUT2D eigenvalue weighted by molar-refractivity contribution is 6.35. The van der Waals surface area contributed by atoms with E-state index < -0.39 is 0 Å². The average molecular weight is 406 g/mol. The van der Waals surface area contributed by atoms with Crippen molar-refractivity contribution in [3.8, 4) is 5.75 Å². The van der Waals surface area contributed by atoms with Crippen LogP contribution in [0.5, 0.6) is 5.75 Å². The van der Waals surface area contributed by atoms with E-state index in [-0.39, 0.29) is 23.0 Å². The molecule has 0 saturated carbocycles. The molecule has 1 amide bonds. The molecule has 2 aliphatic rings. The highest BCUT2D eigenvalue weighted by atomic mass is 35.5. The normalized spacial score (nSPS) is 19.4. The second kappa shape index (κ2) is 8.11. The molecule has 1 fully saturated rings. The average Bonchev–Trinajstić information content (AvgIpc) is 2.69. The number of hydrogen-bond acceptors (Lipinski definition) is 5. The molecule has 7 nitrogen and oxygen atoms in total. The zero-order valence-corrected chi connectivity index (χ0v) is 16.6. The lowest BCUT2D eigenvalue weighted by molar-refractivity contribution is 0.0374. The van der Waals surface area contributed by atoms with Gasteiger partial charge >= 0.3 is 0 Å². The molecule has 2 aliphatic heterocycles. The van der Waals surface area contributed by atoms with Gasteiger partial charge in [0.15, 0.2) is 0 Å². The standard InChI is InChI=1S/C20H24ClN3O4/c1-13-11-24-12-14(19(25)17-15(21)3-4-16(28-13)18(17)24)20(26)22-5-2-6-23-7-9-27-10-8-23/h3-4,12-13H,2,5-11H2,1H3,(H,22,26). The Morgan fingerprint density at radius 2 is 2.11 bits per heavy atom. The van der Waals surface area contributed by atoms with E-state index >= 15 is 0 Å². The van der Waals surface area contributed by atoms with Crippen LogP contribution in [-0.2, 0) is 11.3 Å². The van der Waals surface area contributed by atoms with Crippen LogP contribution in [0.4, 0.5) is 0 Å². The molecule has 2 aromatic rings. The number of pyridine rings is 1. The molecule has 3 heterocycles. The Bertz CT molecular complexity index is 953. The Labute approximate surface area is 168 Å². The lowest BCUT2D eigenvalue weighted by Gasteiger charge is -2.27. The van der Waals surface area contributed by atoms with E-state index in [9.17, 15) is 9.59 Å². The maximum atomic E-state index is 13.0. The quantitative estimate of drug-likeness (QED) is 0.769. The van der Waals surface area contributed by atoms with E-state index in [1.807, 2.05) is 11.5 Å². The van der Waals surface area contributed by atoms with Gasteiger partial charge in [0.05, 0.1) is 35.7 Å². The van der Waals surface area contributed by atoms with Crippen molar-refractivity contribution in [1.29, 1.82) is 0 Å². The number of benzene rings is 1. The van der Waals surface area contributed by atoms with Crippen LogP contribution in [0.3, 0.4) is 0 Å². The molecule has 1 saturated heterocycles. The van der Waals surface area contributed by atoms with Gasteiger partial charge in [0, 0.05) is 25.8 Å². The number of nitrogens with one attached hydrogen (secondary N) is 1. The molecule has 4 rings (SSSR count). The minimum absolute atomic E-state index is 0.0520. The zero-order valence-electron chi connectivity index (χ0n) is 15.9. The first-order valence-electron chi connectivity index (χ1n) is 9.65. The number of amides is 1. The highest BCUT2D eigenvalue weighted by Crippen LogP contribution is 2.33. The van der Waals surface area contributed by atoms with Crippen LogP contribution >= 0.6 is 11.6 Å². The molecule has 1 aromatic carbocycles. The Morgan fingerprint density at radius 3 is 2.89 bits per heavy atom. The van der Waals surface area contributed by atoms with Crippen molar-refractivity contribution in [2.75, 3.05) is 39.4 Å². The maximum absolute atomic E-state index is 13.0. The van der Waals surface area contributed by atoms with E-state index in [1.165, 1.54) is 0 Å². The predicted molar refractivity (Wildman–Crippen MR) is 108 cm³/mol. The number of carbonyl (C=O) groups excluding carboxylic acids is 1. The molecule has 0 radical (unpaired) electrons. The molecule has 150 valence electrons. The van der Waals surface area contributed by atoms with Crippen LogP contribution in [0.15, 0.2) is 23.1 Å². The molecule has 8 heteroatoms. The summed E-state index contributed by atoms with van der Waals surface area (Å²) in [6, 6.07) is 3.41. The fourth-order valence-electron chi connectivity index (χ4n) is 3.82. The predicted octanol–water partition coefficient (Wildman–Crippen LogP) is 1.89. The summed E-state index contributed by atoms with van der Waals surface area (Å²) in [4.78, 5) is 28.0. The summed E-state index contributed by atoms with van der Waals surface area (Å²) in [5.41, 5.74) is 0.411. The van der Waals surface area contributed by atoms with Gasteiger partial charge in [-0.15, -0.1) is 0 Å². The van der Waals surface area contributed by atoms with Gasteiger partial charge < -0.3 is 19.4 Å². The van der Waals surface area contributed by atoms with Gasteiger partial charge in [-0.25, -0.2) is 0 Å². The third-order valence-electron chi connectivity index (χ3n) is 5.20. The largest absolute Gasteiger partial charge is 0.487 e. The minimum atomic E-state index is -0.363. The fourth-order valence-corrected chi connectivity index (χ4v) is 4.06. The molecule has 0 bridgehead atoms. The first kappa shape index (κ1) is 19.2. The second-order valence-electron chi connectivity index (χ2n) is 7.29. The van der Waals surface area contributed by atoms with Crippen molar-refractivity contribution < 1.29 is 14.3 Å². The summed E-state index contributed by atoms with van der Waals surface area (Å²) in [7, 11) is 0. The molecule has 0 spiro atoms. The van der Waals surface area contributed by atoms with Gasteiger partial charge in [0.1, 0.15) is 17.4 Å². The van der Waals surface area contributed by atoms with Crippen molar-refractivity contribution in [2.45, 2.75) is 26.0 Å². The molecular formula is C20H24ClN3O4. The van der Waals surface area contributed by atoms with E-state index in [4.69, 9.17) is 21.1 Å². The molecule has 1 unspecified atom stereocenters. The van der Waals surface area contributed by atoms with Gasteiger partial charge in [-0.3, -0.25) is 14.5 Å². The lowest BCUT2D eigenvalue weighted by Crippen LogP contribution is -2.38. The molecule has 1 N–H and O–H groups in total. The summed E-state index contributed by atoms with van der Waals surface area (Å²) in [6.07, 6.45) is 2.40. The number of halogens is 1. The number of aromatic nitrogens is 1. The van der Waals surface area contributed by atoms with Crippen LogP contribution in [0, 0.1) is 0 Å². The summed E-state index contributed by atoms with van der Waals surface area (Å²) in [6.45, 7) is 7.28. The van der Waals surface area contributed by atoms with Gasteiger partial charge in [-0.1, -0.05) is 11.6 Å². The molecule has 1 atom stereocenters. The second-order valence-corrected chi connectivity index (χ2v) is 7.69. The number of nitrogens with zero attached hydrogens (tertiary/aromatic N) is 2. The summed E-state index contributed by atoms with van der Waals surface area (Å²) in [5, 5.41) is 3.55. The minimum Gasteiger partial charge on any atom is -0.487 e. The Hall–Kier alpha value is -2.09. The lowest BCUT2D eigenvalue weighted by atomic mass is 10.1. The van der Waals surface area contributed by atoms with Crippen molar-refractivity contribution >= 4 is 28.4 Å². The van der Waals surface area contributed by atoms with Crippen LogP contribution in [-0.4, -0.2) is 60.9 Å². The first-order chi connectivity index (χ1) is 13.5. The highest BCUT2D eigenvalue weighted by Gasteiger charge is 2.24. The molecule has 1 aromatic heterocycles. The fraction of sp³-hybridized carbons (Fsp3) is 0.500. The monoisotopic (exact) mass is 405 g/mol. The van der Waals surface area contributed by atoms with Crippen molar-refractivity contribution in [3.05, 3.63) is 39.1 Å². The Morgan fingerprint density at radius 1 is 1.32 bits per heavy atom. The summed E-state index contributed by atoms with van der Waals surface area (Å²) >= 11 is 6.30. The van der Waals surface area contributed by atoms with Crippen LogP contribution in [0.1, 0.15) is 23.7 Å². The number of rotatable bonds is 5. The summed E-state index contributed by atoms with van der Waals surface area (Å²) < 4.78 is 13.1. The zero-order chi connectivity index (χ0) is 19.7. The topological polar surface area (TPSA) is 72.8 Å². The van der Waals surface area contributed by atoms with E-state index in [1.54, 1.807) is 18.3 Å². The van der Waals surface area contributed by atoms with Crippen LogP contribution in [0.2, 0.25) is 5.02 Å². The third kappa shape index (κ3) is 3.74. The van der Waals surface area contributed by atoms with E-state index in [0.29, 0.717) is 34.8 Å². The SMILES string of the molecule is CC1Cn2cc(C(=O)NCCCN3CCOCC3)c(=O)c3c(Cl)ccc(c32)O1. The van der Waals surface area contributed by atoms with Crippen molar-refractivity contribution in [1.82, 2.24) is 14.8 Å². The van der Waals surface area contributed by atoms with Crippen molar-refractivity contribution in [2.24, 2.45) is 0 Å². The van der Waals surface area contributed by atoms with E-state index in [0.717, 1.165) is 39.3 Å². The number of morpholine rings is 1. The Kier molecular flexibility index (Phi) is 5.57. The third-order valence-corrected chi connectivity index (χ3v) is 5.52. The summed E-state index contributed by atoms with van der Waals surface area (Å²) in [5.74, 6) is 0.256. The first-order valence-corrected chi connectivity index (χ1v) is 10.0. The van der Waals surface area contributed by atoms with Crippen molar-refractivity contribution in [3.63, 3.8) is 0 Å². The smallest absolute Gasteiger partial charge is 0.256 e. The molecule has 28 heavy (non-hydrogen) atoms. The molecular weight excluding hydrogens is 382 g/mol. The van der Waals surface area contributed by atoms with Gasteiger partial charge in [0.2, 0.25) is 5.43 Å². The van der Waals surface area contributed by atoms with Gasteiger partial charge in [0.25, 0.3) is 5.91 Å². The van der Waals surface area contributed by atoms with E-state index in [2.05, 4.69) is 10.2 Å². The van der Waals surface area contributed by atoms with Crippen LogP contribution in [0.25, 0.3) is 10.9 Å². The number of hydrogen-bond donors (Lipinski definition) is 1. The Balaban J connectivity index is 1.52. The number of carbonyl (C=O) groups is 1.